The van der Waals surface area contributed by atoms with Gasteiger partial charge in [-0.15, -0.1) is 0 Å². The normalized spacial score (nSPS) is 27.0. The molecule has 0 atom stereocenters. The molecule has 0 saturated heterocycles. The average Bonchev–Trinajstić information content (AvgIpc) is 2.92. The van der Waals surface area contributed by atoms with Gasteiger partial charge in [-0.2, -0.15) is 13.2 Å². The first kappa shape index (κ1) is 21.3. The van der Waals surface area contributed by atoms with Gasteiger partial charge in [0.15, 0.2) is 0 Å². The molecular weight excluding hydrogens is 367 g/mol. The molecule has 3 aliphatic carbocycles. The molecule has 1 aromatic rings. The van der Waals surface area contributed by atoms with E-state index in [2.05, 4.69) is 11.4 Å². The summed E-state index contributed by atoms with van der Waals surface area (Å²) >= 11 is 0. The van der Waals surface area contributed by atoms with Crippen LogP contribution in [-0.4, -0.2) is 33.9 Å². The second-order valence-electron chi connectivity index (χ2n) is 7.46. The van der Waals surface area contributed by atoms with Gasteiger partial charge < -0.3 is 19.9 Å². The molecule has 6 nitrogen and oxygen atoms in total. The fraction of sp³-hybridized carbons (Fsp3) is 0.667. The number of hydrogen-bond donors (Lipinski definition) is 3. The summed E-state index contributed by atoms with van der Waals surface area (Å²) in [6.07, 6.45) is 0.315. The summed E-state index contributed by atoms with van der Waals surface area (Å²) in [4.78, 5) is 20.3. The van der Waals surface area contributed by atoms with E-state index in [0.29, 0.717) is 0 Å². The molecule has 0 aromatic carbocycles. The van der Waals surface area contributed by atoms with Gasteiger partial charge in [0.2, 0.25) is 0 Å². The smallest absolute Gasteiger partial charge is 0.481 e. The monoisotopic (exact) mass is 391 g/mol. The lowest BCUT2D eigenvalue weighted by molar-refractivity contribution is -0.192. The summed E-state index contributed by atoms with van der Waals surface area (Å²) in [7, 11) is 0. The molecule has 3 aliphatic rings. The lowest BCUT2D eigenvalue weighted by atomic mass is 9.57. The van der Waals surface area contributed by atoms with Crippen LogP contribution in [0.5, 0.6) is 0 Å². The molecule has 2 bridgehead atoms. The van der Waals surface area contributed by atoms with Crippen LogP contribution in [0.15, 0.2) is 10.5 Å². The van der Waals surface area contributed by atoms with Gasteiger partial charge in [0, 0.05) is 17.6 Å². The van der Waals surface area contributed by atoms with Crippen molar-refractivity contribution in [2.45, 2.75) is 70.6 Å². The molecule has 3 N–H and O–H groups in total. The van der Waals surface area contributed by atoms with Crippen molar-refractivity contribution in [1.82, 2.24) is 5.32 Å². The van der Waals surface area contributed by atoms with Gasteiger partial charge in [0.05, 0.1) is 5.41 Å². The number of nitrogens with one attached hydrogen (secondary N) is 1. The van der Waals surface area contributed by atoms with Gasteiger partial charge in [-0.3, -0.25) is 4.79 Å². The van der Waals surface area contributed by atoms with Crippen LogP contribution < -0.4 is 5.32 Å². The lowest BCUT2D eigenvalue weighted by Gasteiger charge is -2.51. The van der Waals surface area contributed by atoms with E-state index in [4.69, 9.17) is 14.3 Å². The molecular formula is C18H24F3NO5. The average molecular weight is 391 g/mol. The van der Waals surface area contributed by atoms with E-state index < -0.39 is 23.5 Å². The molecule has 0 spiro atoms. The highest BCUT2D eigenvalue weighted by Crippen LogP contribution is 2.52. The summed E-state index contributed by atoms with van der Waals surface area (Å²) in [5, 5.41) is 20.2. The summed E-state index contributed by atoms with van der Waals surface area (Å²) in [6.45, 7) is 4.79. The van der Waals surface area contributed by atoms with Crippen molar-refractivity contribution in [3.05, 3.63) is 23.2 Å². The Bertz CT molecular complexity index is 686. The fourth-order valence-corrected chi connectivity index (χ4v) is 3.91. The largest absolute Gasteiger partial charge is 0.490 e. The molecule has 0 amide bonds. The zero-order valence-electron chi connectivity index (χ0n) is 15.3. The third-order valence-corrected chi connectivity index (χ3v) is 5.74. The molecule has 9 heteroatoms. The van der Waals surface area contributed by atoms with Crippen LogP contribution in [0, 0.1) is 19.3 Å². The molecule has 1 aromatic heterocycles. The van der Waals surface area contributed by atoms with E-state index in [1.54, 1.807) is 0 Å². The highest BCUT2D eigenvalue weighted by Gasteiger charge is 2.52. The number of carboxylic acids is 2. The first-order chi connectivity index (χ1) is 12.4. The highest BCUT2D eigenvalue weighted by atomic mass is 19.4. The second kappa shape index (κ2) is 7.53. The Hall–Kier alpha value is -2.03. The van der Waals surface area contributed by atoms with E-state index in [0.717, 1.165) is 56.6 Å². The second-order valence-corrected chi connectivity index (χ2v) is 7.46. The Balaban J connectivity index is 0.000000321. The number of aryl methyl sites for hydroxylation is 2. The molecule has 0 aliphatic heterocycles. The molecule has 1 heterocycles. The quantitative estimate of drug-likeness (QED) is 0.722. The topological polar surface area (TPSA) is 99.8 Å². The Morgan fingerprint density at radius 1 is 1.11 bits per heavy atom. The van der Waals surface area contributed by atoms with Crippen molar-refractivity contribution in [2.24, 2.45) is 5.41 Å². The zero-order chi connectivity index (χ0) is 20.5. The van der Waals surface area contributed by atoms with Gasteiger partial charge in [-0.1, -0.05) is 0 Å². The number of aliphatic carboxylic acids is 2. The van der Waals surface area contributed by atoms with Gasteiger partial charge in [0.25, 0.3) is 0 Å². The van der Waals surface area contributed by atoms with Crippen LogP contribution in [0.4, 0.5) is 13.2 Å². The molecule has 152 valence electrons. The van der Waals surface area contributed by atoms with Crippen LogP contribution in [-0.2, 0) is 16.1 Å². The van der Waals surface area contributed by atoms with Crippen molar-refractivity contribution in [3.8, 4) is 0 Å². The summed E-state index contributed by atoms with van der Waals surface area (Å²) in [6, 6.07) is 2.09. The van der Waals surface area contributed by atoms with Crippen LogP contribution in [0.2, 0.25) is 0 Å². The molecule has 27 heavy (non-hydrogen) atoms. The summed E-state index contributed by atoms with van der Waals surface area (Å²) in [5.41, 5.74) is 0.943. The SMILES string of the molecule is Cc1cc(CNC23CCC(C(=O)O)(CC2)CC3)c(C)o1.O=C(O)C(F)(F)F. The van der Waals surface area contributed by atoms with E-state index in [-0.39, 0.29) is 5.54 Å². The van der Waals surface area contributed by atoms with Crippen molar-refractivity contribution in [1.29, 1.82) is 0 Å². The van der Waals surface area contributed by atoms with Gasteiger partial charge in [-0.25, -0.2) is 4.79 Å². The molecule has 3 fully saturated rings. The van der Waals surface area contributed by atoms with Crippen molar-refractivity contribution >= 4 is 11.9 Å². The third kappa shape index (κ3) is 4.82. The van der Waals surface area contributed by atoms with Crippen LogP contribution in [0.25, 0.3) is 0 Å². The summed E-state index contributed by atoms with van der Waals surface area (Å²) < 4.78 is 37.3. The van der Waals surface area contributed by atoms with Crippen LogP contribution in [0.1, 0.15) is 55.6 Å². The van der Waals surface area contributed by atoms with Gasteiger partial charge >= 0.3 is 18.1 Å². The predicted octanol–water partition coefficient (Wildman–Crippen LogP) is 3.80. The van der Waals surface area contributed by atoms with E-state index in [1.807, 2.05) is 13.8 Å². The molecule has 0 unspecified atom stereocenters. The van der Waals surface area contributed by atoms with Gasteiger partial charge in [0.1, 0.15) is 11.5 Å². The van der Waals surface area contributed by atoms with Crippen molar-refractivity contribution in [2.75, 3.05) is 0 Å². The maximum Gasteiger partial charge on any atom is 0.490 e. The molecule has 0 radical (unpaired) electrons. The first-order valence-corrected chi connectivity index (χ1v) is 8.74. The van der Waals surface area contributed by atoms with Crippen LogP contribution in [0.3, 0.4) is 0 Å². The minimum Gasteiger partial charge on any atom is -0.481 e. The molecule has 4 rings (SSSR count). The molecule has 3 saturated carbocycles. The number of furan rings is 1. The maximum absolute atomic E-state index is 11.4. The predicted molar refractivity (Wildman–Crippen MR) is 89.2 cm³/mol. The van der Waals surface area contributed by atoms with Crippen molar-refractivity contribution in [3.63, 3.8) is 0 Å². The van der Waals surface area contributed by atoms with E-state index >= 15 is 0 Å². The van der Waals surface area contributed by atoms with Crippen LogP contribution >= 0.6 is 0 Å². The number of hydrogen-bond acceptors (Lipinski definition) is 4. The Morgan fingerprint density at radius 2 is 1.59 bits per heavy atom. The van der Waals surface area contributed by atoms with E-state index in [1.165, 1.54) is 5.56 Å². The third-order valence-electron chi connectivity index (χ3n) is 5.74. The van der Waals surface area contributed by atoms with Crippen molar-refractivity contribution < 1.29 is 37.4 Å². The van der Waals surface area contributed by atoms with E-state index in [9.17, 15) is 23.1 Å². The number of halogens is 3. The number of fused-ring (bicyclic) bond motifs is 3. The van der Waals surface area contributed by atoms with Gasteiger partial charge in [-0.05, 0) is 58.4 Å². The Kier molecular flexibility index (Phi) is 5.94. The number of alkyl halides is 3. The number of rotatable bonds is 4. The number of carboxylic acid groups (broad SMARTS) is 2. The minimum absolute atomic E-state index is 0.148. The Morgan fingerprint density at radius 3 is 1.93 bits per heavy atom. The zero-order valence-corrected chi connectivity index (χ0v) is 15.3. The summed E-state index contributed by atoms with van der Waals surface area (Å²) in [5.74, 6) is -1.41. The fourth-order valence-electron chi connectivity index (χ4n) is 3.91. The minimum atomic E-state index is -5.08. The number of carbonyl (C=O) groups is 2. The first-order valence-electron chi connectivity index (χ1n) is 8.74. The highest BCUT2D eigenvalue weighted by molar-refractivity contribution is 5.75. The standard InChI is InChI=1S/C16H23NO3.C2HF3O2/c1-11-9-13(12(2)20-11)10-17-16-6-3-15(4-7-16,5-8-16)14(18)19;3-2(4,5)1(6)7/h9,17H,3-8,10H2,1-2H3,(H,18,19);(H,6,7). The maximum atomic E-state index is 11.4. The lowest BCUT2D eigenvalue weighted by Crippen LogP contribution is -2.56. The Labute approximate surface area is 154 Å².